The van der Waals surface area contributed by atoms with Gasteiger partial charge in [0.15, 0.2) is 9.84 Å². The monoisotopic (exact) mass is 315 g/mol. The first kappa shape index (κ1) is 15.4. The van der Waals surface area contributed by atoms with Crippen LogP contribution in [0.1, 0.15) is 11.1 Å². The van der Waals surface area contributed by atoms with Crippen molar-refractivity contribution in [3.05, 3.63) is 58.9 Å². The van der Waals surface area contributed by atoms with Gasteiger partial charge in [-0.25, -0.2) is 21.6 Å². The van der Waals surface area contributed by atoms with Gasteiger partial charge in [-0.05, 0) is 42.3 Å². The van der Waals surface area contributed by atoms with Crippen LogP contribution in [0.4, 0.5) is 18.9 Å². The van der Waals surface area contributed by atoms with E-state index in [0.717, 1.165) is 18.2 Å². The maximum absolute atomic E-state index is 13.7. The van der Waals surface area contributed by atoms with Gasteiger partial charge in [0.05, 0.1) is 5.75 Å². The predicted molar refractivity (Wildman–Crippen MR) is 72.8 cm³/mol. The summed E-state index contributed by atoms with van der Waals surface area (Å²) in [7, 11) is -4.30. The van der Waals surface area contributed by atoms with Crippen molar-refractivity contribution in [2.24, 2.45) is 0 Å². The van der Waals surface area contributed by atoms with Crippen LogP contribution in [0.2, 0.25) is 0 Å². The fourth-order valence-corrected chi connectivity index (χ4v) is 3.53. The lowest BCUT2D eigenvalue weighted by molar-refractivity contribution is 0.520. The average Bonchev–Trinajstić information content (AvgIpc) is 2.31. The van der Waals surface area contributed by atoms with Crippen LogP contribution >= 0.6 is 0 Å². The zero-order valence-electron chi connectivity index (χ0n) is 11.0. The summed E-state index contributed by atoms with van der Waals surface area (Å²) in [5.74, 6) is -3.85. The van der Waals surface area contributed by atoms with Crippen molar-refractivity contribution in [3.63, 3.8) is 0 Å². The molecule has 0 aliphatic rings. The Labute approximate surface area is 120 Å². The molecule has 112 valence electrons. The van der Waals surface area contributed by atoms with Gasteiger partial charge in [-0.15, -0.1) is 0 Å². The number of aryl methyl sites for hydroxylation is 1. The second-order valence-corrected chi connectivity index (χ2v) is 6.57. The Hall–Kier alpha value is -2.02. The lowest BCUT2D eigenvalue weighted by Gasteiger charge is -2.10. The number of sulfone groups is 1. The van der Waals surface area contributed by atoms with Gasteiger partial charge in [-0.3, -0.25) is 0 Å². The molecule has 2 N–H and O–H groups in total. The third kappa shape index (κ3) is 3.18. The largest absolute Gasteiger partial charge is 0.399 e. The van der Waals surface area contributed by atoms with Crippen LogP contribution in [-0.4, -0.2) is 8.42 Å². The highest BCUT2D eigenvalue weighted by Crippen LogP contribution is 2.26. The standard InChI is InChI=1S/C14H12F3NO2S/c1-8-2-3-10(15)4-9(8)7-21(19,20)14-12(16)5-11(18)6-13(14)17/h2-6H,7,18H2,1H3. The fourth-order valence-electron chi connectivity index (χ4n) is 1.95. The van der Waals surface area contributed by atoms with Crippen molar-refractivity contribution in [3.8, 4) is 0 Å². The van der Waals surface area contributed by atoms with E-state index in [1.807, 2.05) is 0 Å². The Bertz CT molecular complexity index is 781. The van der Waals surface area contributed by atoms with Crippen molar-refractivity contribution < 1.29 is 21.6 Å². The van der Waals surface area contributed by atoms with Gasteiger partial charge >= 0.3 is 0 Å². The Morgan fingerprint density at radius 1 is 1.05 bits per heavy atom. The molecule has 7 heteroatoms. The molecule has 0 spiro atoms. The molecule has 0 aromatic heterocycles. The van der Waals surface area contributed by atoms with Crippen LogP contribution in [0.5, 0.6) is 0 Å². The number of nitrogen functional groups attached to an aromatic ring is 1. The summed E-state index contributed by atoms with van der Waals surface area (Å²) in [6, 6.07) is 5.06. The molecule has 0 heterocycles. The van der Waals surface area contributed by atoms with E-state index in [2.05, 4.69) is 0 Å². The van der Waals surface area contributed by atoms with Crippen LogP contribution in [-0.2, 0) is 15.6 Å². The molecule has 0 amide bonds. The average molecular weight is 315 g/mol. The van der Waals surface area contributed by atoms with Crippen LogP contribution in [0, 0.1) is 24.4 Å². The Kier molecular flexibility index (Phi) is 3.95. The first-order chi connectivity index (χ1) is 9.70. The second-order valence-electron chi connectivity index (χ2n) is 4.64. The highest BCUT2D eigenvalue weighted by molar-refractivity contribution is 7.90. The maximum Gasteiger partial charge on any atom is 0.188 e. The molecule has 0 radical (unpaired) electrons. The molecule has 2 aromatic carbocycles. The Balaban J connectivity index is 2.51. The smallest absolute Gasteiger partial charge is 0.188 e. The third-order valence-corrected chi connectivity index (χ3v) is 4.69. The topological polar surface area (TPSA) is 60.2 Å². The van der Waals surface area contributed by atoms with E-state index in [1.165, 1.54) is 12.1 Å². The number of benzene rings is 2. The molecule has 0 saturated carbocycles. The van der Waals surface area contributed by atoms with Crippen LogP contribution in [0.25, 0.3) is 0 Å². The van der Waals surface area contributed by atoms with Crippen molar-refractivity contribution in [1.82, 2.24) is 0 Å². The molecular formula is C14H12F3NO2S. The van der Waals surface area contributed by atoms with E-state index < -0.39 is 37.9 Å². The van der Waals surface area contributed by atoms with Gasteiger partial charge < -0.3 is 5.73 Å². The lowest BCUT2D eigenvalue weighted by Crippen LogP contribution is -2.11. The molecule has 0 aliphatic carbocycles. The number of halogens is 3. The highest BCUT2D eigenvalue weighted by atomic mass is 32.2. The molecule has 0 atom stereocenters. The van der Waals surface area contributed by atoms with Gasteiger partial charge in [0.2, 0.25) is 0 Å². The summed E-state index contributed by atoms with van der Waals surface area (Å²) in [4.78, 5) is -1.06. The van der Waals surface area contributed by atoms with Crippen molar-refractivity contribution in [2.45, 2.75) is 17.6 Å². The number of hydrogen-bond acceptors (Lipinski definition) is 3. The van der Waals surface area contributed by atoms with Crippen LogP contribution < -0.4 is 5.73 Å². The fraction of sp³-hybridized carbons (Fsp3) is 0.143. The number of nitrogens with two attached hydrogens (primary N) is 1. The first-order valence-corrected chi connectivity index (χ1v) is 7.58. The summed E-state index contributed by atoms with van der Waals surface area (Å²) in [6.45, 7) is 1.58. The molecular weight excluding hydrogens is 303 g/mol. The number of anilines is 1. The molecule has 2 rings (SSSR count). The maximum atomic E-state index is 13.7. The summed E-state index contributed by atoms with van der Waals surface area (Å²) in [6.07, 6.45) is 0. The van der Waals surface area contributed by atoms with E-state index in [0.29, 0.717) is 5.56 Å². The minimum absolute atomic E-state index is 0.144. The molecule has 21 heavy (non-hydrogen) atoms. The van der Waals surface area contributed by atoms with Crippen LogP contribution in [0.15, 0.2) is 35.2 Å². The molecule has 0 aliphatic heterocycles. The lowest BCUT2D eigenvalue weighted by atomic mass is 10.1. The van der Waals surface area contributed by atoms with E-state index in [4.69, 9.17) is 5.73 Å². The van der Waals surface area contributed by atoms with Crippen molar-refractivity contribution >= 4 is 15.5 Å². The van der Waals surface area contributed by atoms with Gasteiger partial charge in [0, 0.05) is 5.69 Å². The SMILES string of the molecule is Cc1ccc(F)cc1CS(=O)(=O)c1c(F)cc(N)cc1F. The van der Waals surface area contributed by atoms with Gasteiger partial charge in [-0.1, -0.05) is 6.07 Å². The van der Waals surface area contributed by atoms with Crippen molar-refractivity contribution in [2.75, 3.05) is 5.73 Å². The number of hydrogen-bond donors (Lipinski definition) is 1. The summed E-state index contributed by atoms with van der Waals surface area (Å²) >= 11 is 0. The van der Waals surface area contributed by atoms with E-state index in [-0.39, 0.29) is 11.3 Å². The number of rotatable bonds is 3. The molecule has 2 aromatic rings. The van der Waals surface area contributed by atoms with E-state index in [1.54, 1.807) is 6.92 Å². The molecule has 0 unspecified atom stereocenters. The Morgan fingerprint density at radius 2 is 1.62 bits per heavy atom. The predicted octanol–water partition coefficient (Wildman–Crippen LogP) is 2.97. The van der Waals surface area contributed by atoms with Gasteiger partial charge in [0.1, 0.15) is 22.3 Å². The summed E-state index contributed by atoms with van der Waals surface area (Å²) < 4.78 is 65.0. The normalized spacial score (nSPS) is 11.6. The summed E-state index contributed by atoms with van der Waals surface area (Å²) in [5, 5.41) is 0. The highest BCUT2D eigenvalue weighted by Gasteiger charge is 2.25. The molecule has 3 nitrogen and oxygen atoms in total. The molecule has 0 fully saturated rings. The quantitative estimate of drug-likeness (QED) is 0.886. The van der Waals surface area contributed by atoms with Gasteiger partial charge in [-0.2, -0.15) is 0 Å². The molecule has 0 bridgehead atoms. The van der Waals surface area contributed by atoms with Crippen LogP contribution in [0.3, 0.4) is 0 Å². The zero-order valence-corrected chi connectivity index (χ0v) is 11.8. The van der Waals surface area contributed by atoms with E-state index >= 15 is 0 Å². The Morgan fingerprint density at radius 3 is 2.19 bits per heavy atom. The summed E-state index contributed by atoms with van der Waals surface area (Å²) in [5.41, 5.74) is 5.68. The minimum atomic E-state index is -4.30. The minimum Gasteiger partial charge on any atom is -0.399 e. The van der Waals surface area contributed by atoms with Crippen molar-refractivity contribution in [1.29, 1.82) is 0 Å². The molecule has 0 saturated heterocycles. The third-order valence-electron chi connectivity index (χ3n) is 2.99. The van der Waals surface area contributed by atoms with Gasteiger partial charge in [0.25, 0.3) is 0 Å². The first-order valence-electron chi connectivity index (χ1n) is 5.93. The second kappa shape index (κ2) is 5.40. The zero-order chi connectivity index (χ0) is 15.8. The van der Waals surface area contributed by atoms with E-state index in [9.17, 15) is 21.6 Å².